The average Bonchev–Trinajstić information content (AvgIpc) is 3.69. The van der Waals surface area contributed by atoms with Gasteiger partial charge in [0.1, 0.15) is 41.0 Å². The summed E-state index contributed by atoms with van der Waals surface area (Å²) in [4.78, 5) is 109. The fraction of sp³-hybridized carbons (Fsp3) is 0.833. The largest absolute Gasteiger partial charge is 0.460 e. The first-order valence-electron chi connectivity index (χ1n) is 24.2. The number of unbranched alkanes of at least 4 members (excludes halogenated alkanes) is 10. The molecular weight excluding hydrogens is 837 g/mol. The zero-order chi connectivity index (χ0) is 49.2. The number of nitrogens with one attached hydrogen (secondary N) is 4. The molecule has 0 aromatic heterocycles. The van der Waals surface area contributed by atoms with Crippen LogP contribution in [0.25, 0.3) is 0 Å². The second-order valence-electron chi connectivity index (χ2n) is 20.2. The first-order chi connectivity index (χ1) is 30.4. The third-order valence-electron chi connectivity index (χ3n) is 10.4. The summed E-state index contributed by atoms with van der Waals surface area (Å²) >= 11 is 0. The summed E-state index contributed by atoms with van der Waals surface area (Å²) in [6, 6.07) is -4.92. The quantitative estimate of drug-likeness (QED) is 0.0337. The van der Waals surface area contributed by atoms with Gasteiger partial charge in [0.2, 0.25) is 29.5 Å². The van der Waals surface area contributed by atoms with Crippen molar-refractivity contribution in [2.24, 2.45) is 5.73 Å². The number of likely N-dealkylation sites (tertiary alicyclic amines) is 1. The van der Waals surface area contributed by atoms with E-state index in [1.807, 2.05) is 0 Å². The van der Waals surface area contributed by atoms with Crippen LogP contribution in [-0.2, 0) is 52.6 Å². The van der Waals surface area contributed by atoms with E-state index in [1.165, 1.54) is 44.9 Å². The Hall–Kier alpha value is -4.28. The standard InChI is InChI=1S/C48H86N6O11/c1-11-12-13-14-15-16-17-18-19-20-21-24-38(55)54-33-22-23-37(54)45(62)53-36(27-30-41(58)65-48(8,9)10)44(61)52-35(26-29-40(57)64-47(5,6)7)43(60)51-34(42(59)50-32-31-49)25-28-39(56)63-46(2,3)4/h34-37H,11-33,49H2,1-10H3,(H,50,59)(H,51,60)(H,52,61)(H,53,62). The predicted molar refractivity (Wildman–Crippen MR) is 249 cm³/mol. The van der Waals surface area contributed by atoms with Crippen LogP contribution in [0.3, 0.4) is 0 Å². The Morgan fingerprint density at radius 2 is 0.938 bits per heavy atom. The smallest absolute Gasteiger partial charge is 0.306 e. The maximum Gasteiger partial charge on any atom is 0.306 e. The van der Waals surface area contributed by atoms with Crippen LogP contribution in [-0.4, -0.2) is 113 Å². The van der Waals surface area contributed by atoms with Crippen molar-refractivity contribution in [2.75, 3.05) is 19.6 Å². The number of hydrogen-bond donors (Lipinski definition) is 5. The molecule has 5 amide bonds. The Kier molecular flexibility index (Phi) is 27.2. The molecule has 17 nitrogen and oxygen atoms in total. The summed E-state index contributed by atoms with van der Waals surface area (Å²) in [6.45, 7) is 18.0. The van der Waals surface area contributed by atoms with Crippen molar-refractivity contribution < 1.29 is 52.6 Å². The van der Waals surface area contributed by atoms with E-state index in [4.69, 9.17) is 19.9 Å². The minimum atomic E-state index is -1.45. The first kappa shape index (κ1) is 58.7. The highest BCUT2D eigenvalue weighted by Gasteiger charge is 2.37. The number of carbonyl (C=O) groups is 8. The third kappa shape index (κ3) is 27.7. The van der Waals surface area contributed by atoms with Gasteiger partial charge in [0.15, 0.2) is 0 Å². The maximum atomic E-state index is 14.2. The van der Waals surface area contributed by atoms with Crippen LogP contribution in [0.2, 0.25) is 0 Å². The van der Waals surface area contributed by atoms with Gasteiger partial charge in [0.25, 0.3) is 0 Å². The van der Waals surface area contributed by atoms with Gasteiger partial charge in [0.05, 0.1) is 0 Å². The molecule has 0 aromatic rings. The molecule has 65 heavy (non-hydrogen) atoms. The minimum Gasteiger partial charge on any atom is -0.460 e. The Labute approximate surface area is 389 Å². The van der Waals surface area contributed by atoms with Crippen LogP contribution in [0.15, 0.2) is 0 Å². The Bertz CT molecular complexity index is 1520. The van der Waals surface area contributed by atoms with Crippen molar-refractivity contribution in [1.82, 2.24) is 26.2 Å². The van der Waals surface area contributed by atoms with Crippen molar-refractivity contribution in [3.8, 4) is 0 Å². The highest BCUT2D eigenvalue weighted by molar-refractivity contribution is 5.96. The number of carbonyl (C=O) groups excluding carboxylic acids is 8. The van der Waals surface area contributed by atoms with E-state index >= 15 is 0 Å². The molecule has 0 radical (unpaired) electrons. The highest BCUT2D eigenvalue weighted by Crippen LogP contribution is 2.21. The Morgan fingerprint density at radius 3 is 1.34 bits per heavy atom. The zero-order valence-corrected chi connectivity index (χ0v) is 41.6. The van der Waals surface area contributed by atoms with Crippen LogP contribution in [0.4, 0.5) is 0 Å². The monoisotopic (exact) mass is 923 g/mol. The number of rotatable bonds is 30. The average molecular weight is 923 g/mol. The summed E-state index contributed by atoms with van der Waals surface area (Å²) in [5, 5.41) is 10.6. The van der Waals surface area contributed by atoms with Gasteiger partial charge in [0, 0.05) is 45.3 Å². The van der Waals surface area contributed by atoms with Crippen LogP contribution in [0.1, 0.15) is 198 Å². The van der Waals surface area contributed by atoms with E-state index in [9.17, 15) is 38.4 Å². The molecule has 1 saturated heterocycles. The van der Waals surface area contributed by atoms with Gasteiger partial charge < -0.3 is 46.1 Å². The van der Waals surface area contributed by atoms with Gasteiger partial charge in [-0.3, -0.25) is 38.4 Å². The molecule has 0 saturated carbocycles. The lowest BCUT2D eigenvalue weighted by Crippen LogP contribution is -2.58. The fourth-order valence-corrected chi connectivity index (χ4v) is 7.32. The molecule has 1 rings (SSSR count). The number of hydrogen-bond acceptors (Lipinski definition) is 12. The molecule has 0 aliphatic carbocycles. The molecule has 1 heterocycles. The zero-order valence-electron chi connectivity index (χ0n) is 41.6. The lowest BCUT2D eigenvalue weighted by Gasteiger charge is -2.28. The summed E-state index contributed by atoms with van der Waals surface area (Å²) in [7, 11) is 0. The molecule has 4 atom stereocenters. The van der Waals surface area contributed by atoms with Gasteiger partial charge in [-0.05, 0) is 101 Å². The van der Waals surface area contributed by atoms with Gasteiger partial charge in [-0.1, -0.05) is 71.1 Å². The first-order valence-corrected chi connectivity index (χ1v) is 24.2. The van der Waals surface area contributed by atoms with Crippen molar-refractivity contribution in [2.45, 2.75) is 239 Å². The maximum absolute atomic E-state index is 14.2. The number of esters is 3. The minimum absolute atomic E-state index is 0.0822. The van der Waals surface area contributed by atoms with Crippen molar-refractivity contribution in [3.05, 3.63) is 0 Å². The van der Waals surface area contributed by atoms with Gasteiger partial charge in [-0.25, -0.2) is 0 Å². The van der Waals surface area contributed by atoms with Crippen LogP contribution < -0.4 is 27.0 Å². The molecule has 0 spiro atoms. The summed E-state index contributed by atoms with van der Waals surface area (Å²) in [5.74, 6) is -4.92. The van der Waals surface area contributed by atoms with Crippen LogP contribution in [0.5, 0.6) is 0 Å². The Balaban J connectivity index is 3.27. The van der Waals surface area contributed by atoms with E-state index in [0.29, 0.717) is 32.2 Å². The van der Waals surface area contributed by atoms with Gasteiger partial charge in [-0.2, -0.15) is 0 Å². The normalized spacial score (nSPS) is 15.6. The number of nitrogens with zero attached hydrogens (tertiary/aromatic N) is 1. The van der Waals surface area contributed by atoms with Crippen molar-refractivity contribution in [1.29, 1.82) is 0 Å². The molecule has 0 aromatic carbocycles. The SMILES string of the molecule is CCCCCCCCCCCCCC(=O)N1CCCC1C(=O)NC(CCC(=O)OC(C)(C)C)C(=O)NC(CCC(=O)OC(C)(C)C)C(=O)NC(CCC(=O)OC(C)(C)C)C(=O)NCCN. The predicted octanol–water partition coefficient (Wildman–Crippen LogP) is 5.57. The Morgan fingerprint density at radius 1 is 0.554 bits per heavy atom. The topological polar surface area (TPSA) is 242 Å². The third-order valence-corrected chi connectivity index (χ3v) is 10.4. The molecule has 374 valence electrons. The fourth-order valence-electron chi connectivity index (χ4n) is 7.32. The van der Waals surface area contributed by atoms with Crippen molar-refractivity contribution in [3.63, 3.8) is 0 Å². The van der Waals surface area contributed by atoms with E-state index in [0.717, 1.165) is 19.3 Å². The molecule has 4 unspecified atom stereocenters. The van der Waals surface area contributed by atoms with Crippen molar-refractivity contribution >= 4 is 47.4 Å². The molecule has 0 bridgehead atoms. The summed E-state index contributed by atoms with van der Waals surface area (Å²) < 4.78 is 16.3. The summed E-state index contributed by atoms with van der Waals surface area (Å²) in [6.07, 6.45) is 12.4. The van der Waals surface area contributed by atoms with E-state index in [-0.39, 0.29) is 57.5 Å². The molecule has 17 heteroatoms. The second-order valence-corrected chi connectivity index (χ2v) is 20.2. The highest BCUT2D eigenvalue weighted by atomic mass is 16.6. The lowest BCUT2D eigenvalue weighted by atomic mass is 10.0. The summed E-state index contributed by atoms with van der Waals surface area (Å²) in [5.41, 5.74) is 3.14. The molecular formula is C48H86N6O11. The molecule has 1 aliphatic rings. The number of nitrogens with two attached hydrogens (primary N) is 1. The van der Waals surface area contributed by atoms with Gasteiger partial charge in [-0.15, -0.1) is 0 Å². The van der Waals surface area contributed by atoms with E-state index < -0.39 is 82.5 Å². The van der Waals surface area contributed by atoms with E-state index in [2.05, 4.69) is 28.2 Å². The van der Waals surface area contributed by atoms with Crippen LogP contribution in [0, 0.1) is 0 Å². The van der Waals surface area contributed by atoms with Gasteiger partial charge >= 0.3 is 17.9 Å². The molecule has 6 N–H and O–H groups in total. The number of ether oxygens (including phenoxy) is 3. The number of amides is 5. The van der Waals surface area contributed by atoms with Crippen LogP contribution >= 0.6 is 0 Å². The van der Waals surface area contributed by atoms with E-state index in [1.54, 1.807) is 67.2 Å². The second kappa shape index (κ2) is 30.1. The molecule has 1 fully saturated rings. The lowest BCUT2D eigenvalue weighted by molar-refractivity contribution is -0.156. The molecule has 1 aliphatic heterocycles.